The summed E-state index contributed by atoms with van der Waals surface area (Å²) in [5.41, 5.74) is 22.2. The number of rotatable bonds is 19. The Morgan fingerprint density at radius 2 is 0.657 bits per heavy atom. The molecule has 7 amide bonds. The van der Waals surface area contributed by atoms with Crippen LogP contribution in [0.4, 0.5) is 0 Å². The maximum atomic E-state index is 11.2. The third kappa shape index (κ3) is 63.7. The zero-order chi connectivity index (χ0) is 76.2. The molecule has 6 rings (SSSR count). The largest absolute Gasteiger partial charge is 2.00 e. The first kappa shape index (κ1) is 109. The minimum atomic E-state index is -1.82. The molecular weight excluding hydrogens is 1910 g/mol. The summed E-state index contributed by atoms with van der Waals surface area (Å²) in [6.45, 7) is 11.9. The number of imide groups is 3. The first-order chi connectivity index (χ1) is 45.6. The second-order valence-electron chi connectivity index (χ2n) is 19.5. The minimum absolute atomic E-state index is 0. The van der Waals surface area contributed by atoms with E-state index in [-0.39, 0.29) is 149 Å². The molecule has 99 heavy (non-hydrogen) atoms. The third-order valence-electron chi connectivity index (χ3n) is 12.5. The number of hydrogen-bond acceptors (Lipinski definition) is 21. The van der Waals surface area contributed by atoms with Gasteiger partial charge in [0.2, 0.25) is 5.91 Å². The number of ether oxygens (including phenoxy) is 2. The fourth-order valence-electron chi connectivity index (χ4n) is 7.42. The molecule has 0 spiro atoms. The van der Waals surface area contributed by atoms with Crippen molar-refractivity contribution in [2.75, 3.05) is 60.7 Å². The van der Waals surface area contributed by atoms with E-state index in [2.05, 4.69) is 35.6 Å². The number of esters is 2. The van der Waals surface area contributed by atoms with Crippen molar-refractivity contribution in [2.24, 2.45) is 17.8 Å². The zero-order valence-corrected chi connectivity index (χ0v) is 62.9. The van der Waals surface area contributed by atoms with Gasteiger partial charge in [0.25, 0.3) is 35.4 Å². The summed E-state index contributed by atoms with van der Waals surface area (Å²) >= 11 is -0.472. The van der Waals surface area contributed by atoms with Gasteiger partial charge in [0.15, 0.2) is 0 Å². The Morgan fingerprint density at radius 1 is 0.434 bits per heavy atom. The Balaban J connectivity index is -0.000000161. The van der Waals surface area contributed by atoms with E-state index in [1.807, 2.05) is 0 Å². The number of nitrogens with one attached hydrogen (secondary N) is 4. The Bertz CT molecular complexity index is 2280. The number of carbonyl (C=O) groups is 16. The molecule has 0 bridgehead atoms. The number of carboxylic acid groups (broad SMARTS) is 7. The van der Waals surface area contributed by atoms with Crippen molar-refractivity contribution in [2.45, 2.75) is 140 Å². The predicted octanol–water partition coefficient (Wildman–Crippen LogP) is 3.72. The van der Waals surface area contributed by atoms with Crippen molar-refractivity contribution in [3.8, 4) is 0 Å². The van der Waals surface area contributed by atoms with Crippen LogP contribution < -0.4 is 5.32 Å². The van der Waals surface area contributed by atoms with Crippen molar-refractivity contribution >= 4 is 114 Å². The molecule has 3 fully saturated rings. The predicted molar refractivity (Wildman–Crippen MR) is 341 cm³/mol. The van der Waals surface area contributed by atoms with Crippen LogP contribution >= 0.6 is 18.8 Å². The molecule has 35 nitrogen and oxygen atoms in total. The van der Waals surface area contributed by atoms with E-state index in [9.17, 15) is 57.5 Å². The number of hydrogen-bond donors (Lipinski definition) is 11. The summed E-state index contributed by atoms with van der Waals surface area (Å²) in [7, 11) is 12.8. The summed E-state index contributed by atoms with van der Waals surface area (Å²) in [6.07, 6.45) is 20.4. The minimum Gasteiger partial charge on any atom is 2.00 e. The smallest absolute Gasteiger partial charge is 2.00 e. The van der Waals surface area contributed by atoms with Crippen LogP contribution in [-0.4, -0.2) is 240 Å². The van der Waals surface area contributed by atoms with E-state index in [4.69, 9.17) is 106 Å². The molecule has 0 unspecified atom stereocenters. The van der Waals surface area contributed by atoms with Crippen molar-refractivity contribution in [3.63, 3.8) is 0 Å². The molecule has 0 saturated heterocycles. The molecule has 0 aromatic heterocycles. The van der Waals surface area contributed by atoms with Crippen LogP contribution in [0.15, 0.2) is 36.5 Å². The monoisotopic (exact) mass is 2000 g/mol. The molecule has 40 heteroatoms. The van der Waals surface area contributed by atoms with Gasteiger partial charge in [0.05, 0.1) is 45.2 Å². The fraction of sp³-hybridized carbons (Fsp3) is 0.576. The Hall–Kier alpha value is -6.26. The maximum absolute atomic E-state index is 11.2. The van der Waals surface area contributed by atoms with Gasteiger partial charge in [-0.15, -0.1) is 0 Å². The van der Waals surface area contributed by atoms with Gasteiger partial charge < -0.3 is 104 Å². The molecule has 6 aliphatic rings. The maximum Gasteiger partial charge on any atom is 2.00 e. The molecule has 0 aromatic rings. The molecule has 0 aromatic carbocycles. The van der Waals surface area contributed by atoms with Crippen molar-refractivity contribution in [1.82, 2.24) is 20.0 Å². The quantitative estimate of drug-likeness (QED) is 0.0288. The van der Waals surface area contributed by atoms with Crippen LogP contribution in [0.25, 0.3) is 17.2 Å². The van der Waals surface area contributed by atoms with Gasteiger partial charge in [0.1, 0.15) is 13.2 Å². The van der Waals surface area contributed by atoms with Gasteiger partial charge >= 0.3 is 131 Å². The Morgan fingerprint density at radius 3 is 0.859 bits per heavy atom. The number of nitrogens with zero attached hydrogens (tertiary/aromatic N) is 3. The molecule has 3 saturated carbocycles. The summed E-state index contributed by atoms with van der Waals surface area (Å²) in [5.74, 6) is -13.4. The average Bonchev–Trinajstić information content (AvgIpc) is 1.77. The molecule has 3 aliphatic carbocycles. The third-order valence-corrected chi connectivity index (χ3v) is 12.5. The summed E-state index contributed by atoms with van der Waals surface area (Å²) in [4.78, 5) is 170. The second kappa shape index (κ2) is 70.2. The number of carbonyl (C=O) groups excluding carboxylic acids is 9. The van der Waals surface area contributed by atoms with E-state index in [1.54, 1.807) is 0 Å². The van der Waals surface area contributed by atoms with Crippen LogP contribution in [-0.2, 0) is 145 Å². The normalized spacial score (nSPS) is 18.4. The Kier molecular flexibility index (Phi) is 77.1. The van der Waals surface area contributed by atoms with E-state index in [0.717, 1.165) is 79.6 Å². The molecule has 3 heterocycles. The van der Waals surface area contributed by atoms with Crippen LogP contribution in [0.1, 0.15) is 122 Å². The van der Waals surface area contributed by atoms with Gasteiger partial charge in [-0.1, -0.05) is 77.0 Å². The first-order valence-electron chi connectivity index (χ1n) is 29.2. The van der Waals surface area contributed by atoms with Crippen LogP contribution in [0, 0.1) is 38.5 Å². The average molecular weight is 2000 g/mol. The molecular formula is C59H91Cl2N7O28Pt3. The molecule has 3 aliphatic heterocycles. The number of carboxylic acids is 7. The van der Waals surface area contributed by atoms with Crippen LogP contribution in [0.3, 0.4) is 0 Å². The van der Waals surface area contributed by atoms with Crippen molar-refractivity contribution < 1.29 is 196 Å². The molecule has 574 valence electrons. The van der Waals surface area contributed by atoms with Crippen molar-refractivity contribution in [3.05, 3.63) is 74.4 Å². The topological polar surface area (TPSA) is 587 Å². The van der Waals surface area contributed by atoms with Crippen LogP contribution in [0.5, 0.6) is 0 Å². The van der Waals surface area contributed by atoms with Crippen LogP contribution in [0.2, 0.25) is 0 Å². The van der Waals surface area contributed by atoms with Gasteiger partial charge in [0, 0.05) is 77.3 Å². The number of halogens is 2. The second-order valence-corrected chi connectivity index (χ2v) is 22.8. The van der Waals surface area contributed by atoms with Gasteiger partial charge in [-0.3, -0.25) is 72.2 Å². The number of amides is 7. The molecule has 0 radical (unpaired) electrons. The fourth-order valence-corrected chi connectivity index (χ4v) is 7.42. The van der Waals surface area contributed by atoms with Gasteiger partial charge in [-0.25, -0.2) is 19.2 Å². The summed E-state index contributed by atoms with van der Waals surface area (Å²) in [6, 6.07) is 0.427. The van der Waals surface area contributed by atoms with Gasteiger partial charge in [-0.05, 0) is 6.42 Å². The molecule has 6 atom stereocenters. The number of aliphatic hydroxyl groups is 3. The molecule has 14 N–H and O–H groups in total. The number of aliphatic carboxylic acids is 7. The van der Waals surface area contributed by atoms with E-state index in [1.165, 1.54) is 69.9 Å². The summed E-state index contributed by atoms with van der Waals surface area (Å²) in [5, 5.41) is 78.1. The van der Waals surface area contributed by atoms with E-state index < -0.39 is 93.8 Å². The van der Waals surface area contributed by atoms with E-state index in [0.29, 0.717) is 30.7 Å². The standard InChI is InChI=1S/C11H14N2O5.2C10H11NO6.3C7H13N.2C2H2O4.3CH4O.2ClH.3Pt/c14-8(2-5-11(17)18)12-6-1-7-13-9(15)3-4-10(13)16;2*12-7-1-2-8(13)11(7)5-6-17-10(16)4-3-9(14)15;3*1-6-4-2-3-5-7(6)8;2*3-1(4)2(5)6;3*1-2;;;;;/h3-4H,1-2,5-7H2,(H,12,14)(H,17,18);2*1-2H,3-6H2,(H,14,15);3*6-8H,1-5H2;2*(H,3,4)(H,5,6);3*2H,1H3;2*1H;;;/q;;;3*-2;;;;;;;;2*+2;+4/p-2/t;;;3*6-,7-;;;;;;;;;;/m...111........../s1. The first-order valence-corrected chi connectivity index (χ1v) is 34.8. The Labute approximate surface area is 618 Å². The zero-order valence-electron chi connectivity index (χ0n) is 54.6. The van der Waals surface area contributed by atoms with Crippen molar-refractivity contribution in [1.29, 1.82) is 0 Å². The van der Waals surface area contributed by atoms with E-state index >= 15 is 0 Å². The summed E-state index contributed by atoms with van der Waals surface area (Å²) < 4.78 is 9.35. The SMILES string of the molecule is CO.CO.CO.O=C(O)C(=O)O.O=C(O)C(=O)O.O=C(O)CCC(=O)NCCCN1C(=O)C=CC1=O.O=C(O)CCC(=O)OCCN1C(=O)C=CC1=O.O=C(O)CCC(=O)OCCN1C(=O)C=CC1=O.[CH2-][C@@H]1CCCC[C@H]1[NH-].[CH2-][C@@H]1CCCC[C@H]1[NH-].[CH2-][C@@H]1CCCC[C@H]1[NH-].[Cl][Pt+2][Cl].[Pt+2].[Pt+2]. The number of aliphatic hydroxyl groups excluding tert-OH is 3. The van der Waals surface area contributed by atoms with Gasteiger partial charge in [-0.2, -0.15) is 35.9 Å².